The summed E-state index contributed by atoms with van der Waals surface area (Å²) in [6.07, 6.45) is 0. The molecule has 118 valence electrons. The molecule has 0 saturated carbocycles. The van der Waals surface area contributed by atoms with Crippen LogP contribution in [0.2, 0.25) is 0 Å². The van der Waals surface area contributed by atoms with E-state index in [-0.39, 0.29) is 17.1 Å². The van der Waals surface area contributed by atoms with Gasteiger partial charge in [0, 0.05) is 18.3 Å². The quantitative estimate of drug-likeness (QED) is 0.820. The van der Waals surface area contributed by atoms with E-state index in [1.54, 1.807) is 13.1 Å². The zero-order valence-electron chi connectivity index (χ0n) is 14.4. The predicted molar refractivity (Wildman–Crippen MR) is 86.0 cm³/mol. The second-order valence-electron chi connectivity index (χ2n) is 5.93. The lowest BCUT2D eigenvalue weighted by Crippen LogP contribution is -2.41. The standard InChI is InChI=1S/C13H21BN2O3.C2H6/c1-8-9(11(17)15-6)7-10(16-8)14-18-12(2,3)13(4,5)19-14;1-2/h7,16H,1-6H3,(H,15,17);1-2H3. The molecule has 21 heavy (non-hydrogen) atoms. The molecule has 1 aliphatic heterocycles. The van der Waals surface area contributed by atoms with Crippen LogP contribution in [0.5, 0.6) is 0 Å². The van der Waals surface area contributed by atoms with Crippen LogP contribution in [-0.4, -0.2) is 36.3 Å². The Bertz CT molecular complexity index is 493. The van der Waals surface area contributed by atoms with Crippen molar-refractivity contribution in [2.75, 3.05) is 7.05 Å². The maximum atomic E-state index is 11.7. The van der Waals surface area contributed by atoms with Gasteiger partial charge in [-0.25, -0.2) is 0 Å². The number of aromatic nitrogens is 1. The Balaban J connectivity index is 0.00000106. The minimum Gasteiger partial charge on any atom is -0.398 e. The van der Waals surface area contributed by atoms with Crippen molar-refractivity contribution >= 4 is 18.6 Å². The molecule has 0 radical (unpaired) electrons. The molecule has 0 bridgehead atoms. The van der Waals surface area contributed by atoms with Gasteiger partial charge in [0.25, 0.3) is 5.91 Å². The maximum absolute atomic E-state index is 11.7. The van der Waals surface area contributed by atoms with E-state index < -0.39 is 7.12 Å². The van der Waals surface area contributed by atoms with Crippen molar-refractivity contribution in [3.8, 4) is 0 Å². The number of carbonyl (C=O) groups excluding carboxylic acids is 1. The van der Waals surface area contributed by atoms with Crippen LogP contribution in [0.4, 0.5) is 0 Å². The maximum Gasteiger partial charge on any atom is 0.512 e. The fourth-order valence-corrected chi connectivity index (χ4v) is 2.05. The number of rotatable bonds is 2. The number of hydrogen-bond acceptors (Lipinski definition) is 3. The molecule has 0 spiro atoms. The van der Waals surface area contributed by atoms with Gasteiger partial charge >= 0.3 is 7.12 Å². The summed E-state index contributed by atoms with van der Waals surface area (Å²) in [5.41, 5.74) is 1.43. The van der Waals surface area contributed by atoms with Crippen molar-refractivity contribution in [1.82, 2.24) is 10.3 Å². The fourth-order valence-electron chi connectivity index (χ4n) is 2.05. The molecule has 1 aromatic rings. The third-order valence-electron chi connectivity index (χ3n) is 4.01. The van der Waals surface area contributed by atoms with Crippen LogP contribution in [0.1, 0.15) is 57.6 Å². The lowest BCUT2D eigenvalue weighted by Gasteiger charge is -2.32. The summed E-state index contributed by atoms with van der Waals surface area (Å²) in [5.74, 6) is -0.114. The van der Waals surface area contributed by atoms with Gasteiger partial charge in [-0.15, -0.1) is 0 Å². The monoisotopic (exact) mass is 294 g/mol. The first-order valence-electron chi connectivity index (χ1n) is 7.45. The second kappa shape index (κ2) is 6.24. The van der Waals surface area contributed by atoms with Crippen LogP contribution in [0.25, 0.3) is 0 Å². The molecule has 0 atom stereocenters. The van der Waals surface area contributed by atoms with Crippen molar-refractivity contribution < 1.29 is 14.1 Å². The summed E-state index contributed by atoms with van der Waals surface area (Å²) in [5, 5.41) is 2.62. The number of H-pyrrole nitrogens is 1. The van der Waals surface area contributed by atoms with Crippen LogP contribution in [0.3, 0.4) is 0 Å². The zero-order chi connectivity index (χ0) is 16.4. The first-order chi connectivity index (χ1) is 9.68. The number of aryl methyl sites for hydroxylation is 1. The average molecular weight is 294 g/mol. The van der Waals surface area contributed by atoms with Crippen LogP contribution >= 0.6 is 0 Å². The predicted octanol–water partition coefficient (Wildman–Crippen LogP) is 2.01. The van der Waals surface area contributed by atoms with E-state index in [4.69, 9.17) is 9.31 Å². The normalized spacial score (nSPS) is 19.0. The van der Waals surface area contributed by atoms with E-state index in [1.165, 1.54) is 0 Å². The van der Waals surface area contributed by atoms with Gasteiger partial charge in [-0.3, -0.25) is 4.79 Å². The van der Waals surface area contributed by atoms with Crippen LogP contribution < -0.4 is 10.9 Å². The van der Waals surface area contributed by atoms with Crippen LogP contribution in [0.15, 0.2) is 6.07 Å². The molecular formula is C15H27BN2O3. The Morgan fingerprint density at radius 3 is 2.10 bits per heavy atom. The zero-order valence-corrected chi connectivity index (χ0v) is 14.4. The SMILES string of the molecule is CC.CNC(=O)c1cc(B2OC(C)(C)C(C)(C)O2)[nH]c1C. The second-order valence-corrected chi connectivity index (χ2v) is 5.93. The Labute approximate surface area is 127 Å². The lowest BCUT2D eigenvalue weighted by atomic mass is 9.85. The molecule has 1 saturated heterocycles. The van der Waals surface area contributed by atoms with Crippen molar-refractivity contribution in [3.05, 3.63) is 17.3 Å². The minimum atomic E-state index is -0.470. The first kappa shape index (κ1) is 17.8. The van der Waals surface area contributed by atoms with E-state index >= 15 is 0 Å². The molecule has 1 aromatic heterocycles. The minimum absolute atomic E-state index is 0.114. The highest BCUT2D eigenvalue weighted by atomic mass is 16.7. The summed E-state index contributed by atoms with van der Waals surface area (Å²) in [6.45, 7) is 13.9. The molecular weight excluding hydrogens is 267 g/mol. The number of nitrogens with one attached hydrogen (secondary N) is 2. The molecule has 0 unspecified atom stereocenters. The van der Waals surface area contributed by atoms with Crippen molar-refractivity contribution in [2.24, 2.45) is 0 Å². The molecule has 5 nitrogen and oxygen atoms in total. The Kier molecular flexibility index (Phi) is 5.28. The van der Waals surface area contributed by atoms with Crippen molar-refractivity contribution in [3.63, 3.8) is 0 Å². The molecule has 2 rings (SSSR count). The number of carbonyl (C=O) groups is 1. The molecule has 1 fully saturated rings. The lowest BCUT2D eigenvalue weighted by molar-refractivity contribution is 0.00578. The molecule has 2 N–H and O–H groups in total. The summed E-state index contributed by atoms with van der Waals surface area (Å²) in [4.78, 5) is 14.9. The van der Waals surface area contributed by atoms with Crippen LogP contribution in [0, 0.1) is 6.92 Å². The summed E-state index contributed by atoms with van der Waals surface area (Å²) in [6, 6.07) is 1.79. The average Bonchev–Trinajstić information content (AvgIpc) is 2.89. The van der Waals surface area contributed by atoms with Gasteiger partial charge in [0.2, 0.25) is 0 Å². The number of aromatic amines is 1. The highest BCUT2D eigenvalue weighted by Crippen LogP contribution is 2.36. The van der Waals surface area contributed by atoms with Crippen LogP contribution in [-0.2, 0) is 9.31 Å². The van der Waals surface area contributed by atoms with E-state index in [1.807, 2.05) is 48.5 Å². The van der Waals surface area contributed by atoms with Gasteiger partial charge in [-0.1, -0.05) is 13.8 Å². The summed E-state index contributed by atoms with van der Waals surface area (Å²) in [7, 11) is 1.14. The Morgan fingerprint density at radius 2 is 1.67 bits per heavy atom. The largest absolute Gasteiger partial charge is 0.512 e. The third-order valence-corrected chi connectivity index (χ3v) is 4.01. The van der Waals surface area contributed by atoms with E-state index in [0.29, 0.717) is 5.56 Å². The highest BCUT2D eigenvalue weighted by Gasteiger charge is 2.52. The van der Waals surface area contributed by atoms with E-state index in [0.717, 1.165) is 11.3 Å². The topological polar surface area (TPSA) is 63.4 Å². The Morgan fingerprint density at radius 1 is 1.19 bits per heavy atom. The number of amides is 1. The molecule has 1 amide bonds. The van der Waals surface area contributed by atoms with Crippen molar-refractivity contribution in [1.29, 1.82) is 0 Å². The van der Waals surface area contributed by atoms with Gasteiger partial charge in [-0.05, 0) is 40.7 Å². The number of hydrogen-bond donors (Lipinski definition) is 2. The smallest absolute Gasteiger partial charge is 0.398 e. The molecule has 0 aliphatic carbocycles. The Hall–Kier alpha value is -1.27. The molecule has 0 aromatic carbocycles. The third kappa shape index (κ3) is 3.32. The summed E-state index contributed by atoms with van der Waals surface area (Å²) < 4.78 is 11.9. The highest BCUT2D eigenvalue weighted by molar-refractivity contribution is 6.61. The first-order valence-corrected chi connectivity index (χ1v) is 7.45. The fraction of sp³-hybridized carbons (Fsp3) is 0.667. The van der Waals surface area contributed by atoms with E-state index in [2.05, 4.69) is 10.3 Å². The van der Waals surface area contributed by atoms with E-state index in [9.17, 15) is 4.79 Å². The van der Waals surface area contributed by atoms with Gasteiger partial charge in [0.15, 0.2) is 0 Å². The van der Waals surface area contributed by atoms with Gasteiger partial charge in [-0.2, -0.15) is 0 Å². The van der Waals surface area contributed by atoms with Gasteiger partial charge < -0.3 is 19.6 Å². The van der Waals surface area contributed by atoms with Gasteiger partial charge in [0.1, 0.15) is 0 Å². The molecule has 2 heterocycles. The van der Waals surface area contributed by atoms with Gasteiger partial charge in [0.05, 0.1) is 16.8 Å². The summed E-state index contributed by atoms with van der Waals surface area (Å²) >= 11 is 0. The molecule has 1 aliphatic rings. The molecule has 6 heteroatoms. The van der Waals surface area contributed by atoms with Crippen molar-refractivity contribution in [2.45, 2.75) is 59.7 Å².